The quantitative estimate of drug-likeness (QED) is 0.0916. The SMILES string of the molecule is CC(C)[C@]1(C)NC(=O)[C@H](Cc2ccc(O)cc2)NC(=O)[C@@H]2CCC(=O)NCCCC[C@H](NC(=O)[C@H](Cc3ccc(O)cc3)NC(=O)[C@H](C(C)(C)C)NC(=O)CCSCc3cccc(c3)CSC[C@@H](C(N)=O)NC(=O)[C@H]([C@@H](C)O)NC1=O)C(=O)N[C@@H]([C@@H](C)O)C(=O)N[C@@H](Cc1c[nH]c3ncccc13)C(=O)NC(C)(C)C(=O)N2. The topological polar surface area (TPSA) is 502 Å². The van der Waals surface area contributed by atoms with Crippen LogP contribution < -0.4 is 69.5 Å². The van der Waals surface area contributed by atoms with E-state index in [1.807, 2.05) is 24.3 Å². The van der Waals surface area contributed by atoms with Gasteiger partial charge in [0.25, 0.3) is 0 Å². The Hall–Kier alpha value is -10.3. The van der Waals surface area contributed by atoms with E-state index in [4.69, 9.17) is 5.73 Å². The Kier molecular flexibility index (Phi) is 31.7. The molecule has 5 aromatic rings. The molecule has 12 atom stereocenters. The summed E-state index contributed by atoms with van der Waals surface area (Å²) in [5.41, 5.74) is 4.26. The average molecular weight is 1580 g/mol. The summed E-state index contributed by atoms with van der Waals surface area (Å²) < 4.78 is 0. The molecule has 111 heavy (non-hydrogen) atoms. The number of hydrogen-bond acceptors (Lipinski definition) is 20. The number of primary amides is 1. The summed E-state index contributed by atoms with van der Waals surface area (Å²) in [6.45, 7) is 14.6. The maximum Gasteiger partial charge on any atom is 0.246 e. The predicted molar refractivity (Wildman–Crippen MR) is 416 cm³/mol. The van der Waals surface area contributed by atoms with Crippen LogP contribution in [0.15, 0.2) is 97.3 Å². The second-order valence-electron chi connectivity index (χ2n) is 30.2. The lowest BCUT2D eigenvalue weighted by Gasteiger charge is -2.36. The van der Waals surface area contributed by atoms with E-state index in [1.165, 1.54) is 113 Å². The van der Waals surface area contributed by atoms with Gasteiger partial charge in [0, 0.05) is 79.4 Å². The van der Waals surface area contributed by atoms with Gasteiger partial charge in [-0.15, -0.1) is 0 Å². The minimum atomic E-state index is -2.01. The Morgan fingerprint density at radius 3 is 1.72 bits per heavy atom. The van der Waals surface area contributed by atoms with Gasteiger partial charge in [0.15, 0.2) is 0 Å². The van der Waals surface area contributed by atoms with Crippen LogP contribution >= 0.6 is 23.5 Å². The molecule has 1 fully saturated rings. The molecule has 602 valence electrons. The predicted octanol–water partition coefficient (Wildman–Crippen LogP) is 0.734. The Bertz CT molecular complexity index is 4150. The lowest BCUT2D eigenvalue weighted by molar-refractivity contribution is -0.140. The molecule has 1 saturated heterocycles. The number of aromatic hydroxyl groups is 2. The van der Waals surface area contributed by atoms with Gasteiger partial charge in [-0.3, -0.25) is 62.3 Å². The monoisotopic (exact) mass is 1580 g/mol. The number of hydrogen-bond donors (Lipinski definition) is 18. The van der Waals surface area contributed by atoms with Crippen LogP contribution in [0.2, 0.25) is 0 Å². The molecule has 0 saturated carbocycles. The van der Waals surface area contributed by atoms with E-state index in [2.05, 4.69) is 73.8 Å². The molecule has 4 bridgehead atoms. The number of benzene rings is 3. The number of nitrogens with zero attached hydrogens (tertiary/aromatic N) is 1. The van der Waals surface area contributed by atoms with Gasteiger partial charge in [-0.2, -0.15) is 23.5 Å². The van der Waals surface area contributed by atoms with Gasteiger partial charge < -0.3 is 94.9 Å². The summed E-state index contributed by atoms with van der Waals surface area (Å²) >= 11 is 2.69. The van der Waals surface area contributed by atoms with Crippen LogP contribution in [-0.4, -0.2) is 203 Å². The van der Waals surface area contributed by atoms with Crippen LogP contribution in [0.4, 0.5) is 0 Å². The normalized spacial score (nSPS) is 25.3. The van der Waals surface area contributed by atoms with E-state index in [0.717, 1.165) is 11.1 Å². The first-order valence-corrected chi connectivity index (χ1v) is 39.1. The van der Waals surface area contributed by atoms with Crippen LogP contribution in [-0.2, 0) is 93.1 Å². The first kappa shape index (κ1) is 87.9. The minimum Gasteiger partial charge on any atom is -0.508 e. The molecule has 3 aromatic carbocycles. The number of aromatic nitrogens is 2. The van der Waals surface area contributed by atoms with Gasteiger partial charge in [-0.1, -0.05) is 83.1 Å². The van der Waals surface area contributed by atoms with Crippen LogP contribution in [0.25, 0.3) is 11.0 Å². The fourth-order valence-electron chi connectivity index (χ4n) is 12.2. The third kappa shape index (κ3) is 25.9. The average Bonchev–Trinajstić information content (AvgIpc) is 1.80. The molecule has 2 aliphatic heterocycles. The van der Waals surface area contributed by atoms with Gasteiger partial charge in [0.1, 0.15) is 82.6 Å². The van der Waals surface area contributed by atoms with Crippen molar-refractivity contribution in [2.75, 3.05) is 18.1 Å². The van der Waals surface area contributed by atoms with Crippen molar-refractivity contribution in [2.24, 2.45) is 17.1 Å². The first-order chi connectivity index (χ1) is 52.3. The van der Waals surface area contributed by atoms with Crippen LogP contribution in [0, 0.1) is 11.3 Å². The number of aliphatic hydroxyl groups excluding tert-OH is 2. The van der Waals surface area contributed by atoms with Crippen molar-refractivity contribution in [1.29, 1.82) is 0 Å². The molecule has 7 rings (SSSR count). The lowest BCUT2D eigenvalue weighted by atomic mass is 9.85. The molecule has 0 aliphatic carbocycles. The number of fused-ring (bicyclic) bond motifs is 12. The first-order valence-electron chi connectivity index (χ1n) is 36.8. The fraction of sp³-hybridized carbons (Fsp3) is 0.506. The molecule has 2 aliphatic rings. The number of aliphatic hydroxyl groups is 2. The van der Waals surface area contributed by atoms with Crippen molar-refractivity contribution < 1.29 is 82.8 Å². The zero-order chi connectivity index (χ0) is 81.7. The Balaban J connectivity index is 1.30. The van der Waals surface area contributed by atoms with Crippen molar-refractivity contribution in [3.8, 4) is 11.5 Å². The van der Waals surface area contributed by atoms with Gasteiger partial charge in [0.2, 0.25) is 76.8 Å². The standard InChI is InChI=1S/C77H105N15O17S2/c1-41(2)77(10)74(109)90-61(43(4)94)71(106)86-57(63(78)99)40-111-39-47-16-13-15-46(33-47)38-110-32-29-59(98)88-62(75(5,6)7)72(107)85-54(34-44-19-23-49(95)24-20-44)67(102)82-52-18-11-12-30-79-58(97)28-27-53(65(100)83-55(69(104)92-77)35-45-21-25-50(96)26-22-45)87-73(108)76(8,9)91-68(103)56(84-70(105)60(42(3)93)89-66(52)101)36-48-37-81-64-51(48)17-14-31-80-64/h13-17,19-26,31,33,37,41-43,52-57,60-62,93-96H,11-12,18,27-30,32,34-36,38-40H2,1-10H3,(H2,78,99)(H,79,97)(H,80,81)(H,82,102)(H,83,100)(H,84,105)(H,85,107)(H,86,106)(H,87,108)(H,88,98)(H,89,101)(H,90,109)(H,91,103)(H,92,104)/t42-,43-,52+,53+,54+,55+,56+,57+,60+,61+,62-,77+/m1/s1. The maximum atomic E-state index is 15.1. The molecule has 19 N–H and O–H groups in total. The van der Waals surface area contributed by atoms with Gasteiger partial charge >= 0.3 is 0 Å². The summed E-state index contributed by atoms with van der Waals surface area (Å²) in [5, 5.41) is 75.6. The highest BCUT2D eigenvalue weighted by molar-refractivity contribution is 7.98. The number of phenols is 2. The maximum absolute atomic E-state index is 15.1. The number of rotatable bonds is 10. The van der Waals surface area contributed by atoms with E-state index >= 15 is 14.4 Å². The number of aromatic amines is 1. The van der Waals surface area contributed by atoms with Crippen molar-refractivity contribution in [1.82, 2.24) is 73.8 Å². The van der Waals surface area contributed by atoms with Crippen LogP contribution in [0.3, 0.4) is 0 Å². The zero-order valence-corrected chi connectivity index (χ0v) is 65.6. The number of phenolic OH excluding ortho intramolecular Hbond substituents is 2. The van der Waals surface area contributed by atoms with Crippen molar-refractivity contribution >= 4 is 111 Å². The van der Waals surface area contributed by atoms with E-state index in [-0.39, 0.29) is 68.7 Å². The smallest absolute Gasteiger partial charge is 0.246 e. The van der Waals surface area contributed by atoms with Gasteiger partial charge in [-0.25, -0.2) is 4.98 Å². The summed E-state index contributed by atoms with van der Waals surface area (Å²) in [6.07, 6.45) is -2.09. The molecule has 32 nitrogen and oxygen atoms in total. The molecule has 0 spiro atoms. The summed E-state index contributed by atoms with van der Waals surface area (Å²) in [4.78, 5) is 196. The number of H-pyrrole nitrogens is 1. The number of carbonyl (C=O) groups is 13. The summed E-state index contributed by atoms with van der Waals surface area (Å²) in [7, 11) is 0. The summed E-state index contributed by atoms with van der Waals surface area (Å²) in [6, 6.07) is 8.03. The van der Waals surface area contributed by atoms with Crippen LogP contribution in [0.1, 0.15) is 136 Å². The molecule has 2 aromatic heterocycles. The number of amides is 13. The van der Waals surface area contributed by atoms with Gasteiger partial charge in [-0.05, 0) is 136 Å². The molecule has 0 radical (unpaired) electrons. The zero-order valence-electron chi connectivity index (χ0n) is 64.0. The van der Waals surface area contributed by atoms with E-state index < -0.39 is 179 Å². The second-order valence-corrected chi connectivity index (χ2v) is 32.3. The third-order valence-corrected chi connectivity index (χ3v) is 21.4. The highest BCUT2D eigenvalue weighted by atomic mass is 32.2. The largest absolute Gasteiger partial charge is 0.508 e. The molecular weight excluding hydrogens is 1470 g/mol. The van der Waals surface area contributed by atoms with Crippen molar-refractivity contribution in [3.05, 3.63) is 125 Å². The minimum absolute atomic E-state index is 0.0359. The number of carbonyl (C=O) groups excluding carboxylic acids is 13. The number of nitrogens with one attached hydrogen (secondary N) is 13. The Morgan fingerprint density at radius 2 is 1.12 bits per heavy atom. The third-order valence-electron chi connectivity index (χ3n) is 19.3. The molecule has 4 heterocycles. The molecule has 13 amide bonds. The van der Waals surface area contributed by atoms with E-state index in [0.29, 0.717) is 45.0 Å². The molecule has 0 unspecified atom stereocenters. The number of nitrogens with two attached hydrogens (primary N) is 1. The van der Waals surface area contributed by atoms with Crippen molar-refractivity contribution in [2.45, 2.75) is 216 Å². The van der Waals surface area contributed by atoms with Crippen molar-refractivity contribution in [3.63, 3.8) is 0 Å². The summed E-state index contributed by atoms with van der Waals surface area (Å²) in [5.74, 6) is -11.9. The number of pyridine rings is 1. The van der Waals surface area contributed by atoms with E-state index in [9.17, 15) is 68.4 Å². The highest BCUT2D eigenvalue weighted by Crippen LogP contribution is 2.26. The highest BCUT2D eigenvalue weighted by Gasteiger charge is 2.45. The Morgan fingerprint density at radius 1 is 0.568 bits per heavy atom. The molecule has 34 heteroatoms. The fourth-order valence-corrected chi connectivity index (χ4v) is 14.1. The Labute approximate surface area is 652 Å². The van der Waals surface area contributed by atoms with E-state index in [1.54, 1.807) is 52.9 Å². The van der Waals surface area contributed by atoms with Gasteiger partial charge in [0.05, 0.1) is 12.2 Å². The van der Waals surface area contributed by atoms with Crippen LogP contribution in [0.5, 0.6) is 11.5 Å². The second kappa shape index (κ2) is 40.0. The lowest BCUT2D eigenvalue weighted by Crippen LogP contribution is -2.67. The number of thioether (sulfide) groups is 2. The molecular formula is C77H105N15O17S2.